The van der Waals surface area contributed by atoms with Gasteiger partial charge in [0, 0.05) is 11.8 Å². The topological polar surface area (TPSA) is 51.8 Å². The summed E-state index contributed by atoms with van der Waals surface area (Å²) in [6.45, 7) is 0. The Kier molecular flexibility index (Phi) is 3.21. The number of fused-ring (bicyclic) bond motifs is 1. The molecule has 1 saturated carbocycles. The molecule has 0 spiro atoms. The summed E-state index contributed by atoms with van der Waals surface area (Å²) in [5, 5.41) is 0. The number of nitrogen functional groups attached to an aromatic ring is 1. The van der Waals surface area contributed by atoms with Crippen LogP contribution in [0.3, 0.4) is 0 Å². The van der Waals surface area contributed by atoms with Gasteiger partial charge in [-0.15, -0.1) is 0 Å². The van der Waals surface area contributed by atoms with E-state index in [1.54, 1.807) is 0 Å². The molecule has 21 heavy (non-hydrogen) atoms. The molecule has 1 atom stereocenters. The predicted octanol–water partition coefficient (Wildman–Crippen LogP) is 3.97. The minimum Gasteiger partial charge on any atom is -0.383 e. The first kappa shape index (κ1) is 13.3. The van der Waals surface area contributed by atoms with Crippen LogP contribution in [0.5, 0.6) is 0 Å². The summed E-state index contributed by atoms with van der Waals surface area (Å²) in [7, 11) is 0. The van der Waals surface area contributed by atoms with Crippen LogP contribution in [0, 0.1) is 0 Å². The van der Waals surface area contributed by atoms with Gasteiger partial charge in [-0.3, -0.25) is 0 Å². The van der Waals surface area contributed by atoms with Crippen LogP contribution in [0.25, 0.3) is 0 Å². The average molecular weight is 344 g/mol. The van der Waals surface area contributed by atoms with Crippen LogP contribution in [0.15, 0.2) is 28.7 Å². The lowest BCUT2D eigenvalue weighted by Gasteiger charge is -2.24. The fourth-order valence-corrected chi connectivity index (χ4v) is 3.73. The number of hydrogen-bond acceptors (Lipinski definition) is 3. The molecule has 4 heteroatoms. The van der Waals surface area contributed by atoms with Gasteiger partial charge in [0.1, 0.15) is 11.6 Å². The highest BCUT2D eigenvalue weighted by Gasteiger charge is 2.31. The maximum absolute atomic E-state index is 6.09. The van der Waals surface area contributed by atoms with Crippen molar-refractivity contribution in [1.82, 2.24) is 9.97 Å². The maximum atomic E-state index is 6.09. The third-order valence-corrected chi connectivity index (χ3v) is 5.41. The summed E-state index contributed by atoms with van der Waals surface area (Å²) in [6.07, 6.45) is 5.70. The lowest BCUT2D eigenvalue weighted by atomic mass is 9.83. The Bertz CT molecular complexity index is 694. The number of nitrogens with zero attached hydrogens (tertiary/aromatic N) is 2. The molecular formula is C17H18BrN3. The van der Waals surface area contributed by atoms with Gasteiger partial charge in [-0.2, -0.15) is 0 Å². The molecule has 2 aliphatic carbocycles. The number of halogens is 1. The highest BCUT2D eigenvalue weighted by atomic mass is 79.9. The quantitative estimate of drug-likeness (QED) is 0.897. The fourth-order valence-electron chi connectivity index (χ4n) is 3.23. The number of nitrogens with two attached hydrogens (primary N) is 1. The van der Waals surface area contributed by atoms with Gasteiger partial charge in [-0.25, -0.2) is 9.97 Å². The third-order valence-electron chi connectivity index (χ3n) is 4.60. The summed E-state index contributed by atoms with van der Waals surface area (Å²) < 4.78 is 0.907. The minimum absolute atomic E-state index is 0.396. The van der Waals surface area contributed by atoms with E-state index in [0.29, 0.717) is 17.7 Å². The first-order valence-electron chi connectivity index (χ1n) is 7.62. The number of hydrogen-bond donors (Lipinski definition) is 1. The van der Waals surface area contributed by atoms with E-state index in [1.165, 1.54) is 24.0 Å². The number of aryl methyl sites for hydroxylation is 1. The van der Waals surface area contributed by atoms with Crippen molar-refractivity contribution in [3.8, 4) is 0 Å². The molecule has 2 N–H and O–H groups in total. The molecule has 2 aliphatic rings. The van der Waals surface area contributed by atoms with Crippen molar-refractivity contribution in [1.29, 1.82) is 0 Å². The molecule has 1 aromatic heterocycles. The zero-order chi connectivity index (χ0) is 14.4. The SMILES string of the molecule is Nc1nc(C2CCc3ccccc3C2)nc(C2CC2)c1Br. The number of benzene rings is 1. The summed E-state index contributed by atoms with van der Waals surface area (Å²) in [4.78, 5) is 9.41. The molecule has 0 aliphatic heterocycles. The van der Waals surface area contributed by atoms with Crippen LogP contribution in [0.2, 0.25) is 0 Å². The van der Waals surface area contributed by atoms with Crippen LogP contribution in [-0.2, 0) is 12.8 Å². The van der Waals surface area contributed by atoms with Gasteiger partial charge in [0.2, 0.25) is 0 Å². The van der Waals surface area contributed by atoms with Crippen molar-refractivity contribution < 1.29 is 0 Å². The summed E-state index contributed by atoms with van der Waals surface area (Å²) in [5.74, 6) is 2.51. The van der Waals surface area contributed by atoms with Crippen LogP contribution < -0.4 is 5.73 Å². The summed E-state index contributed by atoms with van der Waals surface area (Å²) >= 11 is 3.55. The maximum Gasteiger partial charge on any atom is 0.141 e. The second-order valence-electron chi connectivity index (χ2n) is 6.15. The van der Waals surface area contributed by atoms with E-state index in [-0.39, 0.29) is 0 Å². The van der Waals surface area contributed by atoms with E-state index < -0.39 is 0 Å². The third kappa shape index (κ3) is 2.46. The Morgan fingerprint density at radius 3 is 2.52 bits per heavy atom. The van der Waals surface area contributed by atoms with E-state index in [2.05, 4.69) is 45.2 Å². The molecular weight excluding hydrogens is 326 g/mol. The minimum atomic E-state index is 0.396. The molecule has 0 bridgehead atoms. The van der Waals surface area contributed by atoms with E-state index >= 15 is 0 Å². The molecule has 4 rings (SSSR count). The van der Waals surface area contributed by atoms with Gasteiger partial charge in [0.15, 0.2) is 0 Å². The van der Waals surface area contributed by atoms with E-state index in [9.17, 15) is 0 Å². The molecule has 1 heterocycles. The highest BCUT2D eigenvalue weighted by Crippen LogP contribution is 2.44. The highest BCUT2D eigenvalue weighted by molar-refractivity contribution is 9.10. The van der Waals surface area contributed by atoms with Crippen LogP contribution >= 0.6 is 15.9 Å². The molecule has 1 fully saturated rings. The largest absolute Gasteiger partial charge is 0.383 e. The van der Waals surface area contributed by atoms with Crippen molar-refractivity contribution in [3.63, 3.8) is 0 Å². The lowest BCUT2D eigenvalue weighted by Crippen LogP contribution is -2.17. The van der Waals surface area contributed by atoms with Gasteiger partial charge in [-0.05, 0) is 59.2 Å². The molecule has 1 unspecified atom stereocenters. The monoisotopic (exact) mass is 343 g/mol. The Morgan fingerprint density at radius 2 is 1.76 bits per heavy atom. The van der Waals surface area contributed by atoms with Crippen molar-refractivity contribution in [2.45, 2.75) is 43.9 Å². The Labute approximate surface area is 133 Å². The molecule has 3 nitrogen and oxygen atoms in total. The average Bonchev–Trinajstić information content (AvgIpc) is 3.34. The lowest BCUT2D eigenvalue weighted by molar-refractivity contribution is 0.552. The normalized spacial score (nSPS) is 21.1. The Morgan fingerprint density at radius 1 is 1.00 bits per heavy atom. The molecule has 0 amide bonds. The molecule has 0 saturated heterocycles. The second kappa shape index (κ2) is 5.09. The summed E-state index contributed by atoms with van der Waals surface area (Å²) in [5.41, 5.74) is 10.1. The van der Waals surface area contributed by atoms with Gasteiger partial charge >= 0.3 is 0 Å². The Hall–Kier alpha value is -1.42. The molecule has 108 valence electrons. The van der Waals surface area contributed by atoms with Crippen molar-refractivity contribution >= 4 is 21.7 Å². The zero-order valence-electron chi connectivity index (χ0n) is 11.8. The molecule has 1 aromatic carbocycles. The first-order valence-corrected chi connectivity index (χ1v) is 8.41. The standard InChI is InChI=1S/C17H18BrN3/c18-14-15(11-6-7-11)20-17(21-16(14)19)13-8-5-10-3-1-2-4-12(10)9-13/h1-4,11,13H,5-9H2,(H2,19,20,21). The zero-order valence-corrected chi connectivity index (χ0v) is 13.4. The molecule has 2 aromatic rings. The fraction of sp³-hybridized carbons (Fsp3) is 0.412. The number of anilines is 1. The number of rotatable bonds is 2. The van der Waals surface area contributed by atoms with E-state index in [0.717, 1.165) is 35.3 Å². The van der Waals surface area contributed by atoms with Gasteiger partial charge in [0.25, 0.3) is 0 Å². The van der Waals surface area contributed by atoms with Crippen LogP contribution in [0.1, 0.15) is 53.7 Å². The Balaban J connectivity index is 1.68. The van der Waals surface area contributed by atoms with Crippen molar-refractivity contribution in [3.05, 3.63) is 51.4 Å². The van der Waals surface area contributed by atoms with E-state index in [4.69, 9.17) is 10.7 Å². The van der Waals surface area contributed by atoms with Crippen LogP contribution in [-0.4, -0.2) is 9.97 Å². The summed E-state index contributed by atoms with van der Waals surface area (Å²) in [6, 6.07) is 8.70. The van der Waals surface area contributed by atoms with E-state index in [1.807, 2.05) is 0 Å². The smallest absolute Gasteiger partial charge is 0.141 e. The van der Waals surface area contributed by atoms with Crippen LogP contribution in [0.4, 0.5) is 5.82 Å². The van der Waals surface area contributed by atoms with Gasteiger partial charge < -0.3 is 5.73 Å². The van der Waals surface area contributed by atoms with Crippen molar-refractivity contribution in [2.75, 3.05) is 5.73 Å². The van der Waals surface area contributed by atoms with Crippen molar-refractivity contribution in [2.24, 2.45) is 0 Å². The number of aromatic nitrogens is 2. The predicted molar refractivity (Wildman–Crippen MR) is 87.3 cm³/mol. The molecule has 0 radical (unpaired) electrons. The van der Waals surface area contributed by atoms with Gasteiger partial charge in [-0.1, -0.05) is 24.3 Å². The van der Waals surface area contributed by atoms with Gasteiger partial charge in [0.05, 0.1) is 10.2 Å². The first-order chi connectivity index (χ1) is 10.2. The second-order valence-corrected chi connectivity index (χ2v) is 6.94.